The monoisotopic (exact) mass is 262 g/mol. The van der Waals surface area contributed by atoms with Gasteiger partial charge in [0.25, 0.3) is 5.91 Å². The number of carbonyl (C=O) groups excluding carboxylic acids is 1. The second-order valence-electron chi connectivity index (χ2n) is 4.67. The van der Waals surface area contributed by atoms with Gasteiger partial charge in [-0.25, -0.2) is 0 Å². The average Bonchev–Trinajstić information content (AvgIpc) is 2.66. The Bertz CT molecular complexity index is 649. The Kier molecular flexibility index (Phi) is 3.66. The van der Waals surface area contributed by atoms with E-state index in [1.165, 1.54) is 15.8 Å². The summed E-state index contributed by atoms with van der Waals surface area (Å²) in [7, 11) is 1.98. The number of hydrogen-bond acceptors (Lipinski definition) is 2. The Hall–Kier alpha value is -1.42. The summed E-state index contributed by atoms with van der Waals surface area (Å²) in [5, 5.41) is 0. The van der Waals surface area contributed by atoms with E-state index in [0.29, 0.717) is 0 Å². The molecule has 0 aliphatic rings. The maximum absolute atomic E-state index is 11.7. The molecule has 2 aromatic rings. The first-order valence-corrected chi connectivity index (χ1v) is 7.02. The number of hydrogen-bond donors (Lipinski definition) is 0. The van der Waals surface area contributed by atoms with Gasteiger partial charge in [0, 0.05) is 13.0 Å². The van der Waals surface area contributed by atoms with Gasteiger partial charge in [0.1, 0.15) is 0 Å². The van der Waals surface area contributed by atoms with Crippen molar-refractivity contribution in [1.29, 1.82) is 0 Å². The van der Waals surface area contributed by atoms with E-state index in [9.17, 15) is 4.79 Å². The smallest absolute Gasteiger partial charge is 0.250 e. The lowest BCUT2D eigenvalue weighted by Gasteiger charge is -2.02. The number of amides is 1. The molecule has 0 bridgehead atoms. The summed E-state index contributed by atoms with van der Waals surface area (Å²) in [6.45, 7) is 5.88. The molecule has 0 saturated carbocycles. The normalized spacial score (nSPS) is 12.6. The second-order valence-corrected chi connectivity index (χ2v) is 5.67. The number of aromatic nitrogens is 1. The van der Waals surface area contributed by atoms with Crippen LogP contribution in [0, 0.1) is 5.92 Å². The van der Waals surface area contributed by atoms with Gasteiger partial charge in [0.2, 0.25) is 0 Å². The zero-order valence-electron chi connectivity index (χ0n) is 11.2. The number of rotatable bonds is 2. The molecular formula is C14H18N2OS. The Morgan fingerprint density at radius 3 is 2.78 bits per heavy atom. The SMILES string of the molecule is CCc1cccc2sc(=NC(=O)C(C)C)n(C)c12. The van der Waals surface area contributed by atoms with E-state index in [2.05, 4.69) is 30.1 Å². The van der Waals surface area contributed by atoms with Gasteiger partial charge in [-0.1, -0.05) is 44.2 Å². The van der Waals surface area contributed by atoms with Gasteiger partial charge < -0.3 is 4.57 Å². The van der Waals surface area contributed by atoms with Gasteiger partial charge in [-0.3, -0.25) is 4.79 Å². The molecule has 1 heterocycles. The van der Waals surface area contributed by atoms with Crippen LogP contribution in [0.25, 0.3) is 10.2 Å². The number of benzene rings is 1. The fourth-order valence-corrected chi connectivity index (χ4v) is 2.97. The standard InChI is InChI=1S/C14H18N2OS/c1-5-10-7-6-8-11-12(10)16(4)14(18-11)15-13(17)9(2)3/h6-9H,5H2,1-4H3. The van der Waals surface area contributed by atoms with Crippen LogP contribution in [0.5, 0.6) is 0 Å². The van der Waals surface area contributed by atoms with Gasteiger partial charge in [0.05, 0.1) is 10.2 Å². The Morgan fingerprint density at radius 1 is 1.44 bits per heavy atom. The molecule has 1 aromatic heterocycles. The maximum Gasteiger partial charge on any atom is 0.250 e. The summed E-state index contributed by atoms with van der Waals surface area (Å²) in [5.74, 6) is -0.115. The number of carbonyl (C=O) groups is 1. The first kappa shape index (κ1) is 13.0. The van der Waals surface area contributed by atoms with Crippen molar-refractivity contribution in [2.45, 2.75) is 27.2 Å². The lowest BCUT2D eigenvalue weighted by Crippen LogP contribution is -2.16. The summed E-state index contributed by atoms with van der Waals surface area (Å²) in [6.07, 6.45) is 0.986. The van der Waals surface area contributed by atoms with E-state index in [0.717, 1.165) is 11.2 Å². The van der Waals surface area contributed by atoms with Crippen molar-refractivity contribution in [2.75, 3.05) is 0 Å². The lowest BCUT2D eigenvalue weighted by atomic mass is 10.1. The molecule has 0 aliphatic carbocycles. The Morgan fingerprint density at radius 2 is 2.17 bits per heavy atom. The first-order valence-electron chi connectivity index (χ1n) is 6.20. The minimum atomic E-state index is -0.0600. The molecule has 0 fully saturated rings. The maximum atomic E-state index is 11.7. The van der Waals surface area contributed by atoms with Crippen molar-refractivity contribution in [1.82, 2.24) is 4.57 Å². The molecule has 4 heteroatoms. The van der Waals surface area contributed by atoms with Crippen LogP contribution in [-0.4, -0.2) is 10.5 Å². The van der Waals surface area contributed by atoms with Gasteiger partial charge in [-0.2, -0.15) is 4.99 Å². The van der Waals surface area contributed by atoms with Crippen molar-refractivity contribution in [3.8, 4) is 0 Å². The predicted molar refractivity (Wildman–Crippen MR) is 75.6 cm³/mol. The Labute approximate surface area is 111 Å². The van der Waals surface area contributed by atoms with E-state index < -0.39 is 0 Å². The summed E-state index contributed by atoms with van der Waals surface area (Å²) in [4.78, 5) is 16.7. The third-order valence-electron chi connectivity index (χ3n) is 2.99. The van der Waals surface area contributed by atoms with Crippen molar-refractivity contribution >= 4 is 27.5 Å². The molecule has 0 radical (unpaired) electrons. The van der Waals surface area contributed by atoms with Gasteiger partial charge in [0.15, 0.2) is 4.80 Å². The number of fused-ring (bicyclic) bond motifs is 1. The molecule has 0 aliphatic heterocycles. The first-order chi connectivity index (χ1) is 8.54. The van der Waals surface area contributed by atoms with Crippen molar-refractivity contribution in [3.63, 3.8) is 0 Å². The molecule has 18 heavy (non-hydrogen) atoms. The number of aryl methyl sites for hydroxylation is 2. The van der Waals surface area contributed by atoms with Crippen molar-refractivity contribution in [3.05, 3.63) is 28.6 Å². The number of nitrogens with zero attached hydrogens (tertiary/aromatic N) is 2. The highest BCUT2D eigenvalue weighted by Gasteiger charge is 2.09. The molecular weight excluding hydrogens is 244 g/mol. The third-order valence-corrected chi connectivity index (χ3v) is 4.08. The Balaban J connectivity index is 2.69. The molecule has 0 spiro atoms. The van der Waals surface area contributed by atoms with Crippen LogP contribution in [0.1, 0.15) is 26.3 Å². The molecule has 0 saturated heterocycles. The van der Waals surface area contributed by atoms with Crippen LogP contribution < -0.4 is 4.80 Å². The van der Waals surface area contributed by atoms with Gasteiger partial charge >= 0.3 is 0 Å². The number of para-hydroxylation sites is 1. The van der Waals surface area contributed by atoms with Crippen LogP contribution in [-0.2, 0) is 18.3 Å². The zero-order valence-corrected chi connectivity index (χ0v) is 12.0. The molecule has 3 nitrogen and oxygen atoms in total. The van der Waals surface area contributed by atoms with Gasteiger partial charge in [-0.05, 0) is 18.1 Å². The second kappa shape index (κ2) is 5.06. The molecule has 0 unspecified atom stereocenters. The fraction of sp³-hybridized carbons (Fsp3) is 0.429. The fourth-order valence-electron chi connectivity index (χ4n) is 1.90. The third kappa shape index (κ3) is 2.25. The van der Waals surface area contributed by atoms with Crippen molar-refractivity contribution < 1.29 is 4.79 Å². The van der Waals surface area contributed by atoms with Crippen molar-refractivity contribution in [2.24, 2.45) is 18.0 Å². The van der Waals surface area contributed by atoms with E-state index in [1.54, 1.807) is 11.3 Å². The minimum Gasteiger partial charge on any atom is -0.319 e. The largest absolute Gasteiger partial charge is 0.319 e. The quantitative estimate of drug-likeness (QED) is 0.819. The van der Waals surface area contributed by atoms with E-state index in [4.69, 9.17) is 0 Å². The molecule has 96 valence electrons. The molecule has 1 amide bonds. The lowest BCUT2D eigenvalue weighted by molar-refractivity contribution is -0.120. The van der Waals surface area contributed by atoms with Crippen LogP contribution in [0.3, 0.4) is 0 Å². The highest BCUT2D eigenvalue weighted by molar-refractivity contribution is 7.16. The summed E-state index contributed by atoms with van der Waals surface area (Å²) >= 11 is 1.57. The predicted octanol–water partition coefficient (Wildman–Crippen LogP) is 2.89. The van der Waals surface area contributed by atoms with Crippen LogP contribution >= 0.6 is 11.3 Å². The minimum absolute atomic E-state index is 0.0548. The highest BCUT2D eigenvalue weighted by Crippen LogP contribution is 2.21. The molecule has 1 aromatic carbocycles. The topological polar surface area (TPSA) is 34.4 Å². The summed E-state index contributed by atoms with van der Waals surface area (Å²) in [6, 6.07) is 6.27. The number of thiazole rings is 1. The molecule has 2 rings (SSSR count). The van der Waals surface area contributed by atoms with Crippen LogP contribution in [0.2, 0.25) is 0 Å². The van der Waals surface area contributed by atoms with Crippen LogP contribution in [0.15, 0.2) is 23.2 Å². The summed E-state index contributed by atoms with van der Waals surface area (Å²) in [5.41, 5.74) is 2.49. The highest BCUT2D eigenvalue weighted by atomic mass is 32.1. The van der Waals surface area contributed by atoms with Crippen LogP contribution in [0.4, 0.5) is 0 Å². The summed E-state index contributed by atoms with van der Waals surface area (Å²) < 4.78 is 3.21. The van der Waals surface area contributed by atoms with E-state index in [-0.39, 0.29) is 11.8 Å². The zero-order chi connectivity index (χ0) is 13.3. The molecule has 0 atom stereocenters. The average molecular weight is 262 g/mol. The van der Waals surface area contributed by atoms with E-state index in [1.807, 2.05) is 25.5 Å². The van der Waals surface area contributed by atoms with E-state index >= 15 is 0 Å². The molecule has 0 N–H and O–H groups in total. The van der Waals surface area contributed by atoms with Gasteiger partial charge in [-0.15, -0.1) is 0 Å².